The predicted octanol–water partition coefficient (Wildman–Crippen LogP) is 2.21. The van der Waals surface area contributed by atoms with E-state index in [1.807, 2.05) is 6.92 Å². The summed E-state index contributed by atoms with van der Waals surface area (Å²) in [6, 6.07) is 1.12. The van der Waals surface area contributed by atoms with Gasteiger partial charge >= 0.3 is 5.97 Å². The average molecular weight is 302 g/mol. The molecule has 1 unspecified atom stereocenters. The number of unbranched alkanes of at least 4 members (excludes halogenated alkanes) is 1. The number of carbonyl (C=O) groups is 1. The summed E-state index contributed by atoms with van der Waals surface area (Å²) in [4.78, 5) is 13.1. The summed E-state index contributed by atoms with van der Waals surface area (Å²) < 4.78 is 26.6. The van der Waals surface area contributed by atoms with Crippen LogP contribution in [0.15, 0.2) is 17.2 Å². The first-order valence-corrected chi connectivity index (χ1v) is 8.30. The summed E-state index contributed by atoms with van der Waals surface area (Å²) in [5.41, 5.74) is -0.136. The van der Waals surface area contributed by atoms with Crippen LogP contribution in [0.1, 0.15) is 50.0 Å². The Labute approximate surface area is 119 Å². The maximum absolute atomic E-state index is 12.0. The lowest BCUT2D eigenvalue weighted by Gasteiger charge is -2.14. The monoisotopic (exact) mass is 302 g/mol. The first kappa shape index (κ1) is 16.7. The van der Waals surface area contributed by atoms with Gasteiger partial charge in [-0.25, -0.2) is 17.9 Å². The maximum Gasteiger partial charge on any atom is 0.352 e. The summed E-state index contributed by atoms with van der Waals surface area (Å²) in [6.07, 6.45) is 5.26. The molecule has 1 heterocycles. The summed E-state index contributed by atoms with van der Waals surface area (Å²) >= 11 is 0. The number of carboxylic acids is 1. The SMILES string of the molecule is CCCCC(CC)CNS(=O)(=O)c1c[nH]c(C(=O)O)c1. The van der Waals surface area contributed by atoms with E-state index in [1.54, 1.807) is 0 Å². The number of carboxylic acid groups (broad SMARTS) is 1. The van der Waals surface area contributed by atoms with E-state index >= 15 is 0 Å². The van der Waals surface area contributed by atoms with E-state index in [0.29, 0.717) is 12.5 Å². The topological polar surface area (TPSA) is 99.3 Å². The van der Waals surface area contributed by atoms with Crippen LogP contribution < -0.4 is 4.72 Å². The second-order valence-electron chi connectivity index (χ2n) is 4.82. The van der Waals surface area contributed by atoms with Crippen molar-refractivity contribution in [1.82, 2.24) is 9.71 Å². The van der Waals surface area contributed by atoms with Crippen LogP contribution in [0.5, 0.6) is 0 Å². The van der Waals surface area contributed by atoms with Crippen LogP contribution in [-0.4, -0.2) is 31.0 Å². The Morgan fingerprint density at radius 2 is 2.15 bits per heavy atom. The summed E-state index contributed by atoms with van der Waals surface area (Å²) in [7, 11) is -3.65. The highest BCUT2D eigenvalue weighted by molar-refractivity contribution is 7.89. The second-order valence-corrected chi connectivity index (χ2v) is 6.59. The maximum atomic E-state index is 12.0. The molecule has 0 fully saturated rings. The molecular formula is C13H22N2O4S. The number of aromatic carboxylic acids is 1. The van der Waals surface area contributed by atoms with E-state index in [0.717, 1.165) is 31.7 Å². The van der Waals surface area contributed by atoms with Crippen molar-refractivity contribution in [2.45, 2.75) is 44.4 Å². The smallest absolute Gasteiger partial charge is 0.352 e. The molecule has 0 aliphatic carbocycles. The first-order chi connectivity index (χ1) is 9.40. The van der Waals surface area contributed by atoms with Crippen molar-refractivity contribution in [3.8, 4) is 0 Å². The van der Waals surface area contributed by atoms with E-state index < -0.39 is 16.0 Å². The molecule has 1 atom stereocenters. The lowest BCUT2D eigenvalue weighted by molar-refractivity contribution is 0.0691. The number of H-pyrrole nitrogens is 1. The molecule has 1 rings (SSSR count). The molecule has 0 radical (unpaired) electrons. The van der Waals surface area contributed by atoms with Gasteiger partial charge in [0.1, 0.15) is 10.6 Å². The van der Waals surface area contributed by atoms with Crippen molar-refractivity contribution in [3.63, 3.8) is 0 Å². The Balaban J connectivity index is 2.66. The number of nitrogens with one attached hydrogen (secondary N) is 2. The van der Waals surface area contributed by atoms with Gasteiger partial charge in [0.25, 0.3) is 0 Å². The number of hydrogen-bond acceptors (Lipinski definition) is 3. The Kier molecular flexibility index (Phi) is 6.22. The fourth-order valence-corrected chi connectivity index (χ4v) is 3.02. The first-order valence-electron chi connectivity index (χ1n) is 6.82. The summed E-state index contributed by atoms with van der Waals surface area (Å²) in [5, 5.41) is 8.77. The second kappa shape index (κ2) is 7.44. The van der Waals surface area contributed by atoms with Gasteiger partial charge in [0.15, 0.2) is 0 Å². The van der Waals surface area contributed by atoms with Gasteiger partial charge in [0.2, 0.25) is 10.0 Å². The molecule has 1 aromatic heterocycles. The summed E-state index contributed by atoms with van der Waals surface area (Å²) in [5.74, 6) is -0.872. The molecule has 20 heavy (non-hydrogen) atoms. The number of hydrogen-bond donors (Lipinski definition) is 3. The Morgan fingerprint density at radius 3 is 2.65 bits per heavy atom. The van der Waals surface area contributed by atoms with Crippen molar-refractivity contribution >= 4 is 16.0 Å². The highest BCUT2D eigenvalue weighted by Gasteiger charge is 2.19. The molecule has 3 N–H and O–H groups in total. The minimum absolute atomic E-state index is 0.0414. The molecule has 1 aromatic rings. The fourth-order valence-electron chi connectivity index (χ4n) is 1.91. The highest BCUT2D eigenvalue weighted by Crippen LogP contribution is 2.14. The van der Waals surface area contributed by atoms with E-state index in [4.69, 9.17) is 5.11 Å². The Bertz CT molecular complexity index is 536. The van der Waals surface area contributed by atoms with Gasteiger partial charge < -0.3 is 10.1 Å². The molecule has 0 amide bonds. The molecular weight excluding hydrogens is 280 g/mol. The molecule has 0 aromatic carbocycles. The normalized spacial score (nSPS) is 13.3. The van der Waals surface area contributed by atoms with Crippen LogP contribution >= 0.6 is 0 Å². The van der Waals surface area contributed by atoms with Gasteiger partial charge in [-0.3, -0.25) is 0 Å². The number of sulfonamides is 1. The minimum Gasteiger partial charge on any atom is -0.477 e. The molecule has 0 spiro atoms. The van der Waals surface area contributed by atoms with E-state index in [-0.39, 0.29) is 10.6 Å². The molecule has 0 saturated carbocycles. The highest BCUT2D eigenvalue weighted by atomic mass is 32.2. The van der Waals surface area contributed by atoms with Gasteiger partial charge in [-0.05, 0) is 18.4 Å². The van der Waals surface area contributed by atoms with Crippen LogP contribution in [0.2, 0.25) is 0 Å². The van der Waals surface area contributed by atoms with Gasteiger partial charge in [-0.1, -0.05) is 33.1 Å². The zero-order valence-electron chi connectivity index (χ0n) is 11.8. The fraction of sp³-hybridized carbons (Fsp3) is 0.615. The minimum atomic E-state index is -3.65. The number of rotatable bonds is 9. The van der Waals surface area contributed by atoms with E-state index in [9.17, 15) is 13.2 Å². The molecule has 7 heteroatoms. The molecule has 114 valence electrons. The third-order valence-electron chi connectivity index (χ3n) is 3.30. The van der Waals surface area contributed by atoms with Crippen LogP contribution in [0.3, 0.4) is 0 Å². The Hall–Kier alpha value is -1.34. The Morgan fingerprint density at radius 1 is 1.45 bits per heavy atom. The molecule has 6 nitrogen and oxygen atoms in total. The van der Waals surface area contributed by atoms with Gasteiger partial charge in [-0.15, -0.1) is 0 Å². The lowest BCUT2D eigenvalue weighted by Crippen LogP contribution is -2.29. The quantitative estimate of drug-likeness (QED) is 0.651. The molecule has 0 bridgehead atoms. The molecule has 0 saturated heterocycles. The van der Waals surface area contributed by atoms with Gasteiger partial charge in [-0.2, -0.15) is 0 Å². The van der Waals surface area contributed by atoms with Crippen LogP contribution in [0.4, 0.5) is 0 Å². The van der Waals surface area contributed by atoms with Crippen LogP contribution in [-0.2, 0) is 10.0 Å². The van der Waals surface area contributed by atoms with E-state index in [2.05, 4.69) is 16.6 Å². The van der Waals surface area contributed by atoms with Crippen molar-refractivity contribution in [3.05, 3.63) is 18.0 Å². The largest absolute Gasteiger partial charge is 0.477 e. The van der Waals surface area contributed by atoms with Crippen LogP contribution in [0, 0.1) is 5.92 Å². The molecule has 0 aliphatic rings. The zero-order valence-corrected chi connectivity index (χ0v) is 12.7. The molecule has 0 aliphatic heterocycles. The zero-order chi connectivity index (χ0) is 15.2. The van der Waals surface area contributed by atoms with Crippen molar-refractivity contribution in [2.75, 3.05) is 6.54 Å². The van der Waals surface area contributed by atoms with Crippen molar-refractivity contribution in [1.29, 1.82) is 0 Å². The average Bonchev–Trinajstić information content (AvgIpc) is 2.89. The third kappa shape index (κ3) is 4.64. The standard InChI is InChI=1S/C13H22N2O4S/c1-3-5-6-10(4-2)8-15-20(18,19)11-7-12(13(16)17)14-9-11/h7,9-10,14-15H,3-6,8H2,1-2H3,(H,16,17). The van der Waals surface area contributed by atoms with Gasteiger partial charge in [0, 0.05) is 12.7 Å². The predicted molar refractivity (Wildman–Crippen MR) is 76.2 cm³/mol. The van der Waals surface area contributed by atoms with Gasteiger partial charge in [0.05, 0.1) is 0 Å². The van der Waals surface area contributed by atoms with Crippen LogP contribution in [0.25, 0.3) is 0 Å². The van der Waals surface area contributed by atoms with Crippen molar-refractivity contribution in [2.24, 2.45) is 5.92 Å². The summed E-state index contributed by atoms with van der Waals surface area (Å²) in [6.45, 7) is 4.52. The number of aromatic amines is 1. The van der Waals surface area contributed by atoms with E-state index in [1.165, 1.54) is 6.20 Å². The van der Waals surface area contributed by atoms with Crippen molar-refractivity contribution < 1.29 is 18.3 Å². The lowest BCUT2D eigenvalue weighted by atomic mass is 10.00. The third-order valence-corrected chi connectivity index (χ3v) is 4.71. The number of aromatic nitrogens is 1.